The van der Waals surface area contributed by atoms with E-state index in [1.54, 1.807) is 18.2 Å². The summed E-state index contributed by atoms with van der Waals surface area (Å²) in [6.07, 6.45) is -2.98. The van der Waals surface area contributed by atoms with Gasteiger partial charge >= 0.3 is 6.18 Å². The monoisotopic (exact) mass is 341 g/mol. The van der Waals surface area contributed by atoms with Crippen LogP contribution in [-0.4, -0.2) is 11.2 Å². The van der Waals surface area contributed by atoms with Crippen LogP contribution in [0.4, 0.5) is 18.3 Å². The molecule has 0 saturated carbocycles. The van der Waals surface area contributed by atoms with Gasteiger partial charge in [-0.1, -0.05) is 12.1 Å². The van der Waals surface area contributed by atoms with E-state index in [2.05, 4.69) is 15.5 Å². The maximum Gasteiger partial charge on any atom is 0.417 e. The van der Waals surface area contributed by atoms with E-state index in [-0.39, 0.29) is 5.39 Å². The molecule has 0 aliphatic carbocycles. The number of benzene rings is 1. The molecule has 0 unspecified atom stereocenters. The molecular weight excluding hydrogens is 331 g/mol. The van der Waals surface area contributed by atoms with Gasteiger partial charge in [-0.25, -0.2) is 4.98 Å². The first kappa shape index (κ1) is 15.0. The Bertz CT molecular complexity index is 833. The van der Waals surface area contributed by atoms with E-state index in [9.17, 15) is 13.2 Å². The summed E-state index contributed by atoms with van der Waals surface area (Å²) in [6, 6.07) is 5.00. The van der Waals surface area contributed by atoms with Gasteiger partial charge in [-0.3, -0.25) is 5.43 Å². The van der Waals surface area contributed by atoms with Gasteiger partial charge in [0.05, 0.1) is 17.5 Å². The fourth-order valence-electron chi connectivity index (χ4n) is 1.99. The molecule has 2 heterocycles. The molecule has 0 aliphatic heterocycles. The Morgan fingerprint density at radius 3 is 2.73 bits per heavy atom. The number of hydrogen-bond acceptors (Lipinski definition) is 5. The Hall–Kier alpha value is -1.93. The Kier molecular flexibility index (Phi) is 3.88. The number of aromatic nitrogens is 1. The van der Waals surface area contributed by atoms with Crippen molar-refractivity contribution in [3.8, 4) is 0 Å². The van der Waals surface area contributed by atoms with Crippen LogP contribution in [0.1, 0.15) is 16.8 Å². The Morgan fingerprint density at radius 2 is 2.05 bits per heavy atom. The van der Waals surface area contributed by atoms with Crippen molar-refractivity contribution in [1.29, 1.82) is 0 Å². The molecule has 0 bridgehead atoms. The summed E-state index contributed by atoms with van der Waals surface area (Å²) < 4.78 is 39.8. The van der Waals surface area contributed by atoms with E-state index in [4.69, 9.17) is 0 Å². The number of anilines is 1. The number of rotatable bonds is 3. The Labute approximate surface area is 132 Å². The lowest BCUT2D eigenvalue weighted by molar-refractivity contribution is -0.136. The lowest BCUT2D eigenvalue weighted by atomic mass is 10.1. The minimum atomic E-state index is -4.37. The number of hydrazone groups is 1. The standard InChI is InChI=1S/C14H10F3N3S2/c1-8-6-22-13(19-8)20-18-5-9-3-2-4-11-12(9)10(7-21-11)14(15,16)17/h2-7H,1H3,(H,19,20). The lowest BCUT2D eigenvalue weighted by Crippen LogP contribution is -2.04. The third-order valence-electron chi connectivity index (χ3n) is 2.92. The normalized spacial score (nSPS) is 12.4. The molecule has 22 heavy (non-hydrogen) atoms. The fraction of sp³-hybridized carbons (Fsp3) is 0.143. The summed E-state index contributed by atoms with van der Waals surface area (Å²) in [5.74, 6) is 0. The van der Waals surface area contributed by atoms with Gasteiger partial charge in [0, 0.05) is 26.4 Å². The average Bonchev–Trinajstić information content (AvgIpc) is 3.05. The van der Waals surface area contributed by atoms with Gasteiger partial charge in [0.25, 0.3) is 0 Å². The molecule has 0 aliphatic rings. The number of thiazole rings is 1. The van der Waals surface area contributed by atoms with Gasteiger partial charge in [-0.15, -0.1) is 22.7 Å². The zero-order chi connectivity index (χ0) is 15.7. The van der Waals surface area contributed by atoms with Crippen molar-refractivity contribution in [3.63, 3.8) is 0 Å². The van der Waals surface area contributed by atoms with Gasteiger partial charge in [0.15, 0.2) is 0 Å². The molecule has 0 amide bonds. The van der Waals surface area contributed by atoms with Crippen LogP contribution in [-0.2, 0) is 6.18 Å². The maximum atomic E-state index is 13.1. The second kappa shape index (κ2) is 5.69. The second-order valence-electron chi connectivity index (χ2n) is 4.53. The van der Waals surface area contributed by atoms with Crippen LogP contribution in [0.15, 0.2) is 34.1 Å². The van der Waals surface area contributed by atoms with Crippen LogP contribution < -0.4 is 5.43 Å². The predicted octanol–water partition coefficient (Wildman–Crippen LogP) is 5.13. The van der Waals surface area contributed by atoms with Gasteiger partial charge < -0.3 is 0 Å². The van der Waals surface area contributed by atoms with Gasteiger partial charge in [-0.05, 0) is 13.0 Å². The zero-order valence-electron chi connectivity index (χ0n) is 11.3. The minimum absolute atomic E-state index is 0.181. The van der Waals surface area contributed by atoms with Crippen molar-refractivity contribution >= 4 is 44.1 Å². The van der Waals surface area contributed by atoms with Crippen LogP contribution in [0.5, 0.6) is 0 Å². The van der Waals surface area contributed by atoms with Crippen molar-refractivity contribution in [2.24, 2.45) is 5.10 Å². The van der Waals surface area contributed by atoms with Crippen LogP contribution >= 0.6 is 22.7 Å². The highest BCUT2D eigenvalue weighted by Gasteiger charge is 2.34. The summed E-state index contributed by atoms with van der Waals surface area (Å²) in [4.78, 5) is 4.17. The summed E-state index contributed by atoms with van der Waals surface area (Å²) in [6.45, 7) is 1.85. The first-order chi connectivity index (χ1) is 10.4. The van der Waals surface area contributed by atoms with E-state index in [0.29, 0.717) is 15.4 Å². The van der Waals surface area contributed by atoms with E-state index >= 15 is 0 Å². The van der Waals surface area contributed by atoms with Crippen molar-refractivity contribution in [2.75, 3.05) is 5.43 Å². The topological polar surface area (TPSA) is 37.3 Å². The third kappa shape index (κ3) is 2.97. The molecule has 0 saturated heterocycles. The highest BCUT2D eigenvalue weighted by molar-refractivity contribution is 7.17. The smallest absolute Gasteiger partial charge is 0.253 e. The number of aryl methyl sites for hydroxylation is 1. The van der Waals surface area contributed by atoms with Crippen LogP contribution in [0, 0.1) is 6.92 Å². The maximum absolute atomic E-state index is 13.1. The molecule has 1 N–H and O–H groups in total. The molecule has 0 radical (unpaired) electrons. The van der Waals surface area contributed by atoms with Gasteiger partial charge in [-0.2, -0.15) is 18.3 Å². The highest BCUT2D eigenvalue weighted by atomic mass is 32.1. The minimum Gasteiger partial charge on any atom is -0.253 e. The predicted molar refractivity (Wildman–Crippen MR) is 84.9 cm³/mol. The first-order valence-corrected chi connectivity index (χ1v) is 7.99. The molecule has 0 atom stereocenters. The molecule has 114 valence electrons. The number of nitrogens with one attached hydrogen (secondary N) is 1. The number of halogens is 3. The van der Waals surface area contributed by atoms with Crippen molar-refractivity contribution < 1.29 is 13.2 Å². The molecule has 3 nitrogen and oxygen atoms in total. The van der Waals surface area contributed by atoms with E-state index in [0.717, 1.165) is 22.4 Å². The van der Waals surface area contributed by atoms with E-state index in [1.807, 2.05) is 12.3 Å². The van der Waals surface area contributed by atoms with Crippen LogP contribution in [0.3, 0.4) is 0 Å². The first-order valence-electron chi connectivity index (χ1n) is 6.24. The molecule has 3 rings (SSSR count). The molecule has 0 spiro atoms. The number of nitrogens with zero attached hydrogens (tertiary/aromatic N) is 2. The number of hydrogen-bond donors (Lipinski definition) is 1. The quantitative estimate of drug-likeness (QED) is 0.529. The molecular formula is C14H10F3N3S2. The van der Waals surface area contributed by atoms with Gasteiger partial charge in [0.2, 0.25) is 5.13 Å². The number of thiophene rings is 1. The molecule has 1 aromatic carbocycles. The fourth-order valence-corrected chi connectivity index (χ4v) is 3.63. The van der Waals surface area contributed by atoms with Crippen molar-refractivity contribution in [1.82, 2.24) is 4.98 Å². The van der Waals surface area contributed by atoms with Gasteiger partial charge in [0.1, 0.15) is 0 Å². The van der Waals surface area contributed by atoms with E-state index < -0.39 is 11.7 Å². The third-order valence-corrected chi connectivity index (χ3v) is 4.73. The lowest BCUT2D eigenvalue weighted by Gasteiger charge is -2.06. The summed E-state index contributed by atoms with van der Waals surface area (Å²) in [7, 11) is 0. The summed E-state index contributed by atoms with van der Waals surface area (Å²) >= 11 is 2.46. The second-order valence-corrected chi connectivity index (χ2v) is 6.30. The summed E-state index contributed by atoms with van der Waals surface area (Å²) in [5.41, 5.74) is 3.39. The van der Waals surface area contributed by atoms with Crippen LogP contribution in [0.2, 0.25) is 0 Å². The number of alkyl halides is 3. The number of fused-ring (bicyclic) bond motifs is 1. The Balaban J connectivity index is 1.94. The Morgan fingerprint density at radius 1 is 1.23 bits per heavy atom. The zero-order valence-corrected chi connectivity index (χ0v) is 12.9. The largest absolute Gasteiger partial charge is 0.417 e. The molecule has 2 aromatic heterocycles. The molecule has 8 heteroatoms. The van der Waals surface area contributed by atoms with E-state index in [1.165, 1.54) is 17.6 Å². The van der Waals surface area contributed by atoms with Crippen molar-refractivity contribution in [2.45, 2.75) is 13.1 Å². The summed E-state index contributed by atoms with van der Waals surface area (Å²) in [5, 5.41) is 7.77. The van der Waals surface area contributed by atoms with Crippen LogP contribution in [0.25, 0.3) is 10.1 Å². The molecule has 3 aromatic rings. The van der Waals surface area contributed by atoms with Crippen molar-refractivity contribution in [3.05, 3.63) is 45.8 Å². The molecule has 0 fully saturated rings. The average molecular weight is 341 g/mol. The SMILES string of the molecule is Cc1csc(NN=Cc2cccc3scc(C(F)(F)F)c23)n1. The highest BCUT2D eigenvalue weighted by Crippen LogP contribution is 2.39.